The highest BCUT2D eigenvalue weighted by Gasteiger charge is 2.12. The smallest absolute Gasteiger partial charge is 0.327 e. The second-order valence-corrected chi connectivity index (χ2v) is 5.42. The van der Waals surface area contributed by atoms with Gasteiger partial charge in [-0.15, -0.1) is 0 Å². The monoisotopic (exact) mass is 289 g/mol. The Bertz CT molecular complexity index is 626. The molecule has 2 rings (SSSR count). The number of likely N-dealkylation sites (N-methyl/N-ethyl adjacent to an activating group) is 1. The van der Waals surface area contributed by atoms with E-state index in [9.17, 15) is 4.79 Å². The predicted molar refractivity (Wildman–Crippen MR) is 83.7 cm³/mol. The summed E-state index contributed by atoms with van der Waals surface area (Å²) in [5, 5.41) is 3.25. The molecule has 1 atom stereocenters. The van der Waals surface area contributed by atoms with E-state index in [1.54, 1.807) is 22.4 Å². The Hall–Kier alpha value is -2.01. The number of aryl methyl sites for hydroxylation is 1. The maximum Gasteiger partial charge on any atom is 0.327 e. The van der Waals surface area contributed by atoms with Crippen LogP contribution in [0.2, 0.25) is 0 Å². The van der Waals surface area contributed by atoms with Crippen LogP contribution >= 0.6 is 0 Å². The van der Waals surface area contributed by atoms with E-state index in [-0.39, 0.29) is 17.8 Å². The Morgan fingerprint density at radius 1 is 1.19 bits per heavy atom. The van der Waals surface area contributed by atoms with Gasteiger partial charge in [0.15, 0.2) is 0 Å². The highest BCUT2D eigenvalue weighted by Crippen LogP contribution is 2.19. The first-order valence-corrected chi connectivity index (χ1v) is 7.17. The standard InChI is InChI=1S/C16H23N3O2/c1-12(2)21-14-7-5-13(6-8-14)15(17-3)11-19-10-9-18(4)16(19)20/h5-10,12,15,17H,11H2,1-4H3. The summed E-state index contributed by atoms with van der Waals surface area (Å²) in [5.41, 5.74) is 1.12. The maximum absolute atomic E-state index is 11.9. The molecule has 0 fully saturated rings. The lowest BCUT2D eigenvalue weighted by Gasteiger charge is -2.18. The van der Waals surface area contributed by atoms with E-state index in [0.29, 0.717) is 6.54 Å². The zero-order valence-electron chi connectivity index (χ0n) is 13.0. The summed E-state index contributed by atoms with van der Waals surface area (Å²) in [6.45, 7) is 4.61. The van der Waals surface area contributed by atoms with E-state index in [4.69, 9.17) is 4.74 Å². The summed E-state index contributed by atoms with van der Waals surface area (Å²) in [7, 11) is 3.66. The van der Waals surface area contributed by atoms with Gasteiger partial charge in [0.1, 0.15) is 5.75 Å². The van der Waals surface area contributed by atoms with Crippen LogP contribution in [0.5, 0.6) is 5.75 Å². The molecule has 0 aliphatic carbocycles. The number of benzene rings is 1. The molecule has 1 unspecified atom stereocenters. The molecule has 1 aromatic heterocycles. The second-order valence-electron chi connectivity index (χ2n) is 5.42. The molecule has 0 radical (unpaired) electrons. The lowest BCUT2D eigenvalue weighted by Crippen LogP contribution is -2.29. The van der Waals surface area contributed by atoms with Gasteiger partial charge in [-0.2, -0.15) is 0 Å². The number of ether oxygens (including phenoxy) is 1. The quantitative estimate of drug-likeness (QED) is 0.884. The lowest BCUT2D eigenvalue weighted by atomic mass is 10.1. The number of aromatic nitrogens is 2. The topological polar surface area (TPSA) is 48.2 Å². The Morgan fingerprint density at radius 3 is 2.33 bits per heavy atom. The maximum atomic E-state index is 11.9. The van der Waals surface area contributed by atoms with Gasteiger partial charge in [0.05, 0.1) is 12.1 Å². The molecule has 5 nitrogen and oxygen atoms in total. The van der Waals surface area contributed by atoms with Crippen LogP contribution in [0, 0.1) is 0 Å². The molecule has 0 amide bonds. The summed E-state index contributed by atoms with van der Waals surface area (Å²) in [4.78, 5) is 11.9. The first kappa shape index (κ1) is 15.4. The van der Waals surface area contributed by atoms with Crippen LogP contribution in [0.1, 0.15) is 25.5 Å². The van der Waals surface area contributed by atoms with Gasteiger partial charge in [0.25, 0.3) is 0 Å². The van der Waals surface area contributed by atoms with E-state index in [2.05, 4.69) is 5.32 Å². The van der Waals surface area contributed by atoms with E-state index >= 15 is 0 Å². The van der Waals surface area contributed by atoms with Crippen LogP contribution in [0.15, 0.2) is 41.5 Å². The summed E-state index contributed by atoms with van der Waals surface area (Å²) >= 11 is 0. The Morgan fingerprint density at radius 2 is 1.86 bits per heavy atom. The normalized spacial score (nSPS) is 12.6. The van der Waals surface area contributed by atoms with Gasteiger partial charge >= 0.3 is 5.69 Å². The molecular weight excluding hydrogens is 266 g/mol. The molecule has 5 heteroatoms. The first-order valence-electron chi connectivity index (χ1n) is 7.17. The molecule has 2 aromatic rings. The summed E-state index contributed by atoms with van der Waals surface area (Å²) in [6, 6.07) is 8.08. The molecule has 1 heterocycles. The highest BCUT2D eigenvalue weighted by molar-refractivity contribution is 5.29. The fraction of sp³-hybridized carbons (Fsp3) is 0.438. The molecule has 0 aliphatic heterocycles. The largest absolute Gasteiger partial charge is 0.491 e. The number of nitrogens with zero attached hydrogens (tertiary/aromatic N) is 2. The number of hydrogen-bond donors (Lipinski definition) is 1. The van der Waals surface area contributed by atoms with Crippen molar-refractivity contribution in [3.8, 4) is 5.75 Å². The van der Waals surface area contributed by atoms with E-state index < -0.39 is 0 Å². The Labute approximate surface area is 125 Å². The van der Waals surface area contributed by atoms with Crippen molar-refractivity contribution in [1.29, 1.82) is 0 Å². The third-order valence-electron chi connectivity index (χ3n) is 3.40. The predicted octanol–water partition coefficient (Wildman–Crippen LogP) is 1.93. The molecule has 0 spiro atoms. The lowest BCUT2D eigenvalue weighted by molar-refractivity contribution is 0.242. The summed E-state index contributed by atoms with van der Waals surface area (Å²) in [5.74, 6) is 0.862. The van der Waals surface area contributed by atoms with Gasteiger partial charge < -0.3 is 14.6 Å². The minimum atomic E-state index is -0.00462. The van der Waals surface area contributed by atoms with E-state index in [1.165, 1.54) is 0 Å². The van der Waals surface area contributed by atoms with Crippen molar-refractivity contribution in [1.82, 2.24) is 14.5 Å². The molecule has 0 saturated heterocycles. The fourth-order valence-electron chi connectivity index (χ4n) is 2.26. The summed E-state index contributed by atoms with van der Waals surface area (Å²) < 4.78 is 8.93. The fourth-order valence-corrected chi connectivity index (χ4v) is 2.26. The SMILES string of the molecule is CNC(Cn1ccn(C)c1=O)c1ccc(OC(C)C)cc1. The van der Waals surface area contributed by atoms with Crippen LogP contribution in [0.4, 0.5) is 0 Å². The molecule has 0 bridgehead atoms. The molecule has 0 aliphatic rings. The molecule has 1 N–H and O–H groups in total. The van der Waals surface area contributed by atoms with Crippen molar-refractivity contribution in [2.75, 3.05) is 7.05 Å². The molecule has 114 valence electrons. The average molecular weight is 289 g/mol. The van der Waals surface area contributed by atoms with Crippen LogP contribution in [-0.4, -0.2) is 22.3 Å². The zero-order chi connectivity index (χ0) is 15.4. The van der Waals surface area contributed by atoms with Gasteiger partial charge in [-0.3, -0.25) is 4.57 Å². The van der Waals surface area contributed by atoms with Gasteiger partial charge in [-0.05, 0) is 38.6 Å². The van der Waals surface area contributed by atoms with Crippen LogP contribution < -0.4 is 15.7 Å². The minimum absolute atomic E-state index is 0.00462. The van der Waals surface area contributed by atoms with Crippen molar-refractivity contribution >= 4 is 0 Å². The first-order chi connectivity index (χ1) is 10.0. The van der Waals surface area contributed by atoms with Crippen molar-refractivity contribution < 1.29 is 4.74 Å². The third kappa shape index (κ3) is 3.76. The van der Waals surface area contributed by atoms with Crippen LogP contribution in [0.25, 0.3) is 0 Å². The third-order valence-corrected chi connectivity index (χ3v) is 3.40. The summed E-state index contributed by atoms with van der Waals surface area (Å²) in [6.07, 6.45) is 3.75. The van der Waals surface area contributed by atoms with Gasteiger partial charge in [0, 0.05) is 26.0 Å². The highest BCUT2D eigenvalue weighted by atomic mass is 16.5. The number of rotatable bonds is 6. The van der Waals surface area contributed by atoms with Gasteiger partial charge in [-0.1, -0.05) is 12.1 Å². The molecule has 21 heavy (non-hydrogen) atoms. The second kappa shape index (κ2) is 6.63. The van der Waals surface area contributed by atoms with E-state index in [1.807, 2.05) is 51.4 Å². The van der Waals surface area contributed by atoms with Gasteiger partial charge in [0.2, 0.25) is 0 Å². The van der Waals surface area contributed by atoms with E-state index in [0.717, 1.165) is 11.3 Å². The van der Waals surface area contributed by atoms with Crippen molar-refractivity contribution in [3.05, 3.63) is 52.7 Å². The number of hydrogen-bond acceptors (Lipinski definition) is 3. The number of nitrogens with one attached hydrogen (secondary N) is 1. The van der Waals surface area contributed by atoms with Crippen LogP contribution in [-0.2, 0) is 13.6 Å². The van der Waals surface area contributed by atoms with Gasteiger partial charge in [-0.25, -0.2) is 4.79 Å². The number of imidazole rings is 1. The minimum Gasteiger partial charge on any atom is -0.491 e. The van der Waals surface area contributed by atoms with Crippen molar-refractivity contribution in [2.24, 2.45) is 7.05 Å². The Kier molecular flexibility index (Phi) is 4.85. The Balaban J connectivity index is 2.14. The average Bonchev–Trinajstić information content (AvgIpc) is 2.77. The van der Waals surface area contributed by atoms with Crippen LogP contribution in [0.3, 0.4) is 0 Å². The molecule has 0 saturated carbocycles. The molecular formula is C16H23N3O2. The zero-order valence-corrected chi connectivity index (χ0v) is 13.0. The van der Waals surface area contributed by atoms with Crippen molar-refractivity contribution in [2.45, 2.75) is 32.5 Å². The van der Waals surface area contributed by atoms with Crippen molar-refractivity contribution in [3.63, 3.8) is 0 Å². The molecule has 1 aromatic carbocycles.